The zero-order valence-electron chi connectivity index (χ0n) is 26.7. The number of nitrogens with two attached hydrogens (primary N) is 1. The van der Waals surface area contributed by atoms with Gasteiger partial charge in [-0.25, -0.2) is 4.98 Å². The fourth-order valence-electron chi connectivity index (χ4n) is 4.73. The zero-order chi connectivity index (χ0) is 31.6. The normalized spacial score (nSPS) is 14.5. The fraction of sp³-hybridized carbons (Fsp3) is 0.515. The number of thiol groups is 1. The molecule has 2 aliphatic heterocycles. The van der Waals surface area contributed by atoms with Crippen molar-refractivity contribution in [2.75, 3.05) is 79.5 Å². The third-order valence-corrected chi connectivity index (χ3v) is 7.72. The average Bonchev–Trinajstić information content (AvgIpc) is 3.70. The van der Waals surface area contributed by atoms with Crippen LogP contribution in [0.4, 0.5) is 28.0 Å². The maximum atomic E-state index is 13.1. The first kappa shape index (κ1) is 36.4. The topological polar surface area (TPSA) is 98.0 Å². The van der Waals surface area contributed by atoms with Crippen LogP contribution in [0.3, 0.4) is 0 Å². The van der Waals surface area contributed by atoms with E-state index in [9.17, 15) is 4.79 Å². The number of aliphatic hydroxyl groups excluding tert-OH is 1. The highest BCUT2D eigenvalue weighted by atomic mass is 32.1. The monoisotopic (exact) mass is 628 g/mol. The van der Waals surface area contributed by atoms with Crippen molar-refractivity contribution in [2.24, 2.45) is 0 Å². The number of carbonyl (C=O) groups is 1. The van der Waals surface area contributed by atoms with Crippen molar-refractivity contribution >= 4 is 57.8 Å². The van der Waals surface area contributed by atoms with Crippen molar-refractivity contribution in [1.82, 2.24) is 9.88 Å². The van der Waals surface area contributed by atoms with Crippen LogP contribution in [-0.2, 0) is 0 Å². The maximum absolute atomic E-state index is 13.1. The third kappa shape index (κ3) is 11.3. The summed E-state index contributed by atoms with van der Waals surface area (Å²) in [5, 5.41) is 13.0. The predicted octanol–water partition coefficient (Wildman–Crippen LogP) is 6.79. The molecule has 0 aliphatic carbocycles. The van der Waals surface area contributed by atoms with Gasteiger partial charge < -0.3 is 26.0 Å². The summed E-state index contributed by atoms with van der Waals surface area (Å²) in [4.78, 5) is 24.9. The highest BCUT2D eigenvalue weighted by molar-refractivity contribution is 7.79. The van der Waals surface area contributed by atoms with Crippen molar-refractivity contribution in [2.45, 2.75) is 53.4 Å². The van der Waals surface area contributed by atoms with Crippen LogP contribution in [0.5, 0.6) is 0 Å². The molecule has 5 rings (SSSR count). The Morgan fingerprint density at radius 3 is 1.86 bits per heavy atom. The van der Waals surface area contributed by atoms with Crippen molar-refractivity contribution in [1.29, 1.82) is 0 Å². The highest BCUT2D eigenvalue weighted by Gasteiger charge is 2.20. The van der Waals surface area contributed by atoms with Crippen molar-refractivity contribution in [3.8, 4) is 0 Å². The average molecular weight is 629 g/mol. The summed E-state index contributed by atoms with van der Waals surface area (Å²) in [7, 11) is 0. The van der Waals surface area contributed by atoms with Gasteiger partial charge in [-0.3, -0.25) is 9.69 Å². The van der Waals surface area contributed by atoms with Gasteiger partial charge in [0.15, 0.2) is 5.13 Å². The molecule has 3 heterocycles. The lowest BCUT2D eigenvalue weighted by atomic mass is 10.1. The van der Waals surface area contributed by atoms with E-state index in [0.29, 0.717) is 15.6 Å². The minimum atomic E-state index is -0.100. The second kappa shape index (κ2) is 20.2. The number of thiazole rings is 1. The summed E-state index contributed by atoms with van der Waals surface area (Å²) in [6.07, 6.45) is 6.64. The molecule has 0 bridgehead atoms. The molecule has 10 heteroatoms. The molecule has 0 spiro atoms. The second-order valence-corrected chi connectivity index (χ2v) is 11.4. The first-order chi connectivity index (χ1) is 20.9. The largest absolute Gasteiger partial charge is 0.395 e. The molecular formula is C33H52N6O2S2. The lowest BCUT2D eigenvalue weighted by Gasteiger charge is -2.35. The van der Waals surface area contributed by atoms with Crippen LogP contribution >= 0.6 is 24.0 Å². The van der Waals surface area contributed by atoms with Crippen molar-refractivity contribution in [3.05, 3.63) is 59.0 Å². The number of ketones is 1. The van der Waals surface area contributed by atoms with Gasteiger partial charge in [0.05, 0.1) is 6.61 Å². The summed E-state index contributed by atoms with van der Waals surface area (Å²) >= 11 is 4.81. The number of aromatic nitrogens is 1. The molecule has 0 amide bonds. The van der Waals surface area contributed by atoms with Crippen LogP contribution in [0.2, 0.25) is 0 Å². The minimum Gasteiger partial charge on any atom is -0.395 e. The number of hydrogen-bond donors (Lipinski definition) is 4. The predicted molar refractivity (Wildman–Crippen MR) is 190 cm³/mol. The molecule has 3 aromatic rings. The Hall–Kier alpha value is -2.79. The van der Waals surface area contributed by atoms with Gasteiger partial charge in [0.25, 0.3) is 0 Å². The van der Waals surface area contributed by atoms with Gasteiger partial charge in [-0.15, -0.1) is 0 Å². The Morgan fingerprint density at radius 1 is 0.860 bits per heavy atom. The van der Waals surface area contributed by atoms with Crippen LogP contribution in [0.25, 0.3) is 0 Å². The van der Waals surface area contributed by atoms with E-state index in [1.165, 1.54) is 42.7 Å². The molecule has 0 radical (unpaired) electrons. The lowest BCUT2D eigenvalue weighted by molar-refractivity contribution is 0.104. The Labute approximate surface area is 268 Å². The SMILES string of the molecule is CCC.CCC.CS.Nc1nc(Nc2ccc(N3CCN(CCO)CC3)cc2)sc1C(=O)c1ccc(N2CCCC2)cc1. The van der Waals surface area contributed by atoms with Gasteiger partial charge in [-0.1, -0.05) is 51.9 Å². The first-order valence-corrected chi connectivity index (χ1v) is 17.2. The number of rotatable bonds is 8. The highest BCUT2D eigenvalue weighted by Crippen LogP contribution is 2.31. The van der Waals surface area contributed by atoms with Gasteiger partial charge in [-0.05, 0) is 67.6 Å². The molecule has 238 valence electrons. The van der Waals surface area contributed by atoms with Gasteiger partial charge in [-0.2, -0.15) is 12.6 Å². The van der Waals surface area contributed by atoms with Crippen LogP contribution < -0.4 is 20.9 Å². The number of anilines is 5. The Morgan fingerprint density at radius 2 is 1.35 bits per heavy atom. The third-order valence-electron chi connectivity index (χ3n) is 6.73. The second-order valence-electron chi connectivity index (χ2n) is 10.4. The number of β-amino-alcohol motifs (C(OH)–C–C–N with tert-alkyl or cyclic N) is 1. The molecule has 43 heavy (non-hydrogen) atoms. The van der Waals surface area contributed by atoms with Crippen molar-refractivity contribution < 1.29 is 9.90 Å². The fourth-order valence-corrected chi connectivity index (χ4v) is 5.60. The molecule has 0 saturated carbocycles. The number of carbonyl (C=O) groups excluding carboxylic acids is 1. The quantitative estimate of drug-likeness (QED) is 0.160. The molecule has 2 fully saturated rings. The Balaban J connectivity index is 0.000000733. The molecule has 0 unspecified atom stereocenters. The van der Waals surface area contributed by atoms with Crippen molar-refractivity contribution in [3.63, 3.8) is 0 Å². The number of benzene rings is 2. The molecule has 1 aromatic heterocycles. The van der Waals surface area contributed by atoms with E-state index in [4.69, 9.17) is 10.8 Å². The van der Waals surface area contributed by atoms with Crippen LogP contribution in [0.15, 0.2) is 48.5 Å². The van der Waals surface area contributed by atoms with Gasteiger partial charge in [0.2, 0.25) is 5.78 Å². The lowest BCUT2D eigenvalue weighted by Crippen LogP contribution is -2.47. The molecule has 0 atom stereocenters. The van der Waals surface area contributed by atoms with E-state index in [-0.39, 0.29) is 18.2 Å². The van der Waals surface area contributed by atoms with Crippen LogP contribution in [-0.4, -0.2) is 79.4 Å². The zero-order valence-corrected chi connectivity index (χ0v) is 28.4. The van der Waals surface area contributed by atoms with E-state index in [1.807, 2.05) is 36.4 Å². The minimum absolute atomic E-state index is 0.100. The van der Waals surface area contributed by atoms with E-state index in [0.717, 1.165) is 57.2 Å². The van der Waals surface area contributed by atoms with E-state index in [2.05, 4.69) is 77.5 Å². The molecule has 8 nitrogen and oxygen atoms in total. The number of piperazine rings is 1. The summed E-state index contributed by atoms with van der Waals surface area (Å²) < 4.78 is 0. The van der Waals surface area contributed by atoms with Crippen LogP contribution in [0, 0.1) is 0 Å². The van der Waals surface area contributed by atoms with Crippen LogP contribution in [0.1, 0.15) is 68.6 Å². The number of nitrogen functional groups attached to an aromatic ring is 1. The van der Waals surface area contributed by atoms with Gasteiger partial charge in [0.1, 0.15) is 10.7 Å². The number of hydrogen-bond acceptors (Lipinski definition) is 10. The summed E-state index contributed by atoms with van der Waals surface area (Å²) in [6.45, 7) is 15.4. The van der Waals surface area contributed by atoms with Gasteiger partial charge in [0, 0.05) is 68.4 Å². The Kier molecular flexibility index (Phi) is 17.1. The molecule has 2 aliphatic rings. The Bertz CT molecular complexity index is 1170. The summed E-state index contributed by atoms with van der Waals surface area (Å²) in [5.41, 5.74) is 9.98. The van der Waals surface area contributed by atoms with Gasteiger partial charge >= 0.3 is 0 Å². The maximum Gasteiger partial charge on any atom is 0.206 e. The first-order valence-electron chi connectivity index (χ1n) is 15.5. The van der Waals surface area contributed by atoms with E-state index in [1.54, 1.807) is 6.26 Å². The molecule has 4 N–H and O–H groups in total. The standard InChI is InChI=1S/C26H32N6O2S.2C3H8.CH4S/c27-25-24(23(34)19-3-7-21(8-4-19)31-11-1-2-12-31)35-26(29-25)28-20-5-9-22(10-6-20)32-15-13-30(14-16-32)17-18-33;2*1-3-2;1-2/h3-10,33H,1-2,11-18,27H2,(H,28,29);2*3H2,1-2H3;2H,1H3. The number of nitrogens with zero attached hydrogens (tertiary/aromatic N) is 4. The molecule has 2 saturated heterocycles. The smallest absolute Gasteiger partial charge is 0.206 e. The summed E-state index contributed by atoms with van der Waals surface area (Å²) in [5.74, 6) is 0.153. The van der Waals surface area contributed by atoms with E-state index < -0.39 is 0 Å². The van der Waals surface area contributed by atoms with E-state index >= 15 is 0 Å². The molecule has 2 aromatic carbocycles. The molecular weight excluding hydrogens is 577 g/mol. The summed E-state index contributed by atoms with van der Waals surface area (Å²) in [6, 6.07) is 16.0. The number of aliphatic hydroxyl groups is 1. The number of nitrogens with one attached hydrogen (secondary N) is 1.